The van der Waals surface area contributed by atoms with Crippen LogP contribution in [0.25, 0.3) is 0 Å². The van der Waals surface area contributed by atoms with Crippen molar-refractivity contribution in [1.29, 1.82) is 5.26 Å². The summed E-state index contributed by atoms with van der Waals surface area (Å²) in [6.45, 7) is 4.89. The fourth-order valence-electron chi connectivity index (χ4n) is 2.11. The van der Waals surface area contributed by atoms with Crippen molar-refractivity contribution in [2.45, 2.75) is 19.8 Å². The van der Waals surface area contributed by atoms with Gasteiger partial charge in [0.25, 0.3) is 0 Å². The maximum absolute atomic E-state index is 8.94. The highest BCUT2D eigenvalue weighted by molar-refractivity contribution is 9.10. The first-order valence-corrected chi connectivity index (χ1v) is 6.93. The Balaban J connectivity index is 2.01. The molecule has 1 aliphatic heterocycles. The molecule has 1 aromatic carbocycles. The highest BCUT2D eigenvalue weighted by Crippen LogP contribution is 2.30. The summed E-state index contributed by atoms with van der Waals surface area (Å²) < 4.78 is 6.33. The molecule has 0 aromatic heterocycles. The Morgan fingerprint density at radius 2 is 2.11 bits per heavy atom. The maximum atomic E-state index is 8.94. The first-order valence-electron chi connectivity index (χ1n) is 6.14. The van der Waals surface area contributed by atoms with Crippen molar-refractivity contribution in [2.24, 2.45) is 5.41 Å². The fraction of sp³-hybridized carbons (Fsp3) is 0.500. The second kappa shape index (κ2) is 5.73. The predicted molar refractivity (Wildman–Crippen MR) is 75.5 cm³/mol. The highest BCUT2D eigenvalue weighted by Gasteiger charge is 2.26. The van der Waals surface area contributed by atoms with Crippen LogP contribution in [0.3, 0.4) is 0 Å². The van der Waals surface area contributed by atoms with E-state index in [4.69, 9.17) is 10.00 Å². The Hall–Kier alpha value is -1.05. The van der Waals surface area contributed by atoms with Gasteiger partial charge < -0.3 is 10.1 Å². The molecule has 1 heterocycles. The quantitative estimate of drug-likeness (QED) is 0.928. The molecule has 1 aromatic rings. The summed E-state index contributed by atoms with van der Waals surface area (Å²) in [5.41, 5.74) is 1.95. The zero-order valence-corrected chi connectivity index (χ0v) is 12.1. The van der Waals surface area contributed by atoms with E-state index in [-0.39, 0.29) is 5.41 Å². The monoisotopic (exact) mass is 308 g/mol. The van der Waals surface area contributed by atoms with Crippen LogP contribution in [0, 0.1) is 16.7 Å². The van der Waals surface area contributed by atoms with Gasteiger partial charge in [-0.3, -0.25) is 0 Å². The molecule has 18 heavy (non-hydrogen) atoms. The fourth-order valence-corrected chi connectivity index (χ4v) is 2.61. The van der Waals surface area contributed by atoms with Crippen molar-refractivity contribution in [2.75, 3.05) is 25.1 Å². The third-order valence-corrected chi connectivity index (χ3v) is 3.90. The first-order chi connectivity index (χ1) is 8.61. The van der Waals surface area contributed by atoms with E-state index in [0.717, 1.165) is 42.8 Å². The molecular formula is C14H17BrN2O. The van der Waals surface area contributed by atoms with E-state index < -0.39 is 0 Å². The summed E-state index contributed by atoms with van der Waals surface area (Å²) in [5, 5.41) is 12.4. The van der Waals surface area contributed by atoms with E-state index in [1.807, 2.05) is 18.2 Å². The van der Waals surface area contributed by atoms with E-state index in [9.17, 15) is 0 Å². The summed E-state index contributed by atoms with van der Waals surface area (Å²) in [7, 11) is 0. The lowest BCUT2D eigenvalue weighted by Crippen LogP contribution is -2.33. The van der Waals surface area contributed by atoms with Crippen molar-refractivity contribution >= 4 is 21.6 Å². The minimum atomic E-state index is 0.285. The van der Waals surface area contributed by atoms with Crippen molar-refractivity contribution in [3.05, 3.63) is 28.2 Å². The van der Waals surface area contributed by atoms with Crippen LogP contribution in [0.4, 0.5) is 5.69 Å². The number of benzene rings is 1. The average molecular weight is 309 g/mol. The molecule has 0 spiro atoms. The molecule has 0 aliphatic carbocycles. The molecule has 0 amide bonds. The topological polar surface area (TPSA) is 45.0 Å². The Morgan fingerprint density at radius 1 is 1.39 bits per heavy atom. The molecule has 3 nitrogen and oxygen atoms in total. The van der Waals surface area contributed by atoms with Gasteiger partial charge in [0.2, 0.25) is 0 Å². The number of nitriles is 1. The molecule has 0 unspecified atom stereocenters. The minimum Gasteiger partial charge on any atom is -0.384 e. The zero-order chi connectivity index (χ0) is 13.0. The van der Waals surface area contributed by atoms with Crippen LogP contribution >= 0.6 is 15.9 Å². The Labute approximate surface area is 116 Å². The lowest BCUT2D eigenvalue weighted by Gasteiger charge is -2.34. The SMILES string of the molecule is CC1(CNc2cc(Br)cc(C#N)c2)CCOCC1. The van der Waals surface area contributed by atoms with Crippen LogP contribution in [0.15, 0.2) is 22.7 Å². The predicted octanol–water partition coefficient (Wildman–Crippen LogP) is 3.55. The largest absolute Gasteiger partial charge is 0.384 e. The molecule has 1 aliphatic rings. The van der Waals surface area contributed by atoms with Gasteiger partial charge in [0.05, 0.1) is 11.6 Å². The van der Waals surface area contributed by atoms with Crippen molar-refractivity contribution in [3.63, 3.8) is 0 Å². The van der Waals surface area contributed by atoms with Crippen LogP contribution in [0.5, 0.6) is 0 Å². The summed E-state index contributed by atoms with van der Waals surface area (Å²) in [6.07, 6.45) is 2.16. The van der Waals surface area contributed by atoms with Gasteiger partial charge >= 0.3 is 0 Å². The number of anilines is 1. The Morgan fingerprint density at radius 3 is 2.78 bits per heavy atom. The van der Waals surface area contributed by atoms with E-state index in [0.29, 0.717) is 5.56 Å². The maximum Gasteiger partial charge on any atom is 0.0992 e. The standard InChI is InChI=1S/C14H17BrN2O/c1-14(2-4-18-5-3-14)10-17-13-7-11(9-16)6-12(15)8-13/h6-8,17H,2-5,10H2,1H3. The Kier molecular flexibility index (Phi) is 4.26. The van der Waals surface area contributed by atoms with Crippen LogP contribution in [-0.4, -0.2) is 19.8 Å². The van der Waals surface area contributed by atoms with Crippen LogP contribution < -0.4 is 5.32 Å². The van der Waals surface area contributed by atoms with Gasteiger partial charge in [-0.25, -0.2) is 0 Å². The zero-order valence-electron chi connectivity index (χ0n) is 10.5. The number of ether oxygens (including phenoxy) is 1. The number of nitrogens with one attached hydrogen (secondary N) is 1. The summed E-state index contributed by atoms with van der Waals surface area (Å²) in [6, 6.07) is 7.87. The number of nitrogens with zero attached hydrogens (tertiary/aromatic N) is 1. The van der Waals surface area contributed by atoms with Crippen LogP contribution in [0.1, 0.15) is 25.3 Å². The minimum absolute atomic E-state index is 0.285. The van der Waals surface area contributed by atoms with Gasteiger partial charge in [-0.1, -0.05) is 22.9 Å². The molecule has 1 saturated heterocycles. The number of hydrogen-bond donors (Lipinski definition) is 1. The summed E-state index contributed by atoms with van der Waals surface area (Å²) in [5.74, 6) is 0. The normalized spacial score (nSPS) is 18.1. The van der Waals surface area contributed by atoms with Crippen LogP contribution in [-0.2, 0) is 4.74 Å². The van der Waals surface area contributed by atoms with E-state index in [1.54, 1.807) is 0 Å². The van der Waals surface area contributed by atoms with Gasteiger partial charge in [0.1, 0.15) is 0 Å². The number of halogens is 1. The smallest absolute Gasteiger partial charge is 0.0992 e. The van der Waals surface area contributed by atoms with Gasteiger partial charge in [0, 0.05) is 29.9 Å². The summed E-state index contributed by atoms with van der Waals surface area (Å²) >= 11 is 3.42. The molecule has 4 heteroatoms. The van der Waals surface area contributed by atoms with Crippen molar-refractivity contribution in [3.8, 4) is 6.07 Å². The third kappa shape index (κ3) is 3.47. The van der Waals surface area contributed by atoms with E-state index in [1.165, 1.54) is 0 Å². The number of hydrogen-bond acceptors (Lipinski definition) is 3. The van der Waals surface area contributed by atoms with Crippen molar-refractivity contribution in [1.82, 2.24) is 0 Å². The second-order valence-corrected chi connectivity index (χ2v) is 6.03. The molecule has 0 atom stereocenters. The van der Waals surface area contributed by atoms with E-state index >= 15 is 0 Å². The molecule has 96 valence electrons. The van der Waals surface area contributed by atoms with Crippen molar-refractivity contribution < 1.29 is 4.74 Å². The Bertz CT molecular complexity index is 461. The lowest BCUT2D eigenvalue weighted by molar-refractivity contribution is 0.0300. The lowest BCUT2D eigenvalue weighted by atomic mass is 9.82. The molecule has 0 bridgehead atoms. The average Bonchev–Trinajstić information content (AvgIpc) is 2.37. The molecular weight excluding hydrogens is 292 g/mol. The van der Waals surface area contributed by atoms with Gasteiger partial charge in [-0.2, -0.15) is 5.26 Å². The first kappa shape index (κ1) is 13.4. The molecule has 0 saturated carbocycles. The van der Waals surface area contributed by atoms with E-state index in [2.05, 4.69) is 34.2 Å². The summed E-state index contributed by atoms with van der Waals surface area (Å²) in [4.78, 5) is 0. The van der Waals surface area contributed by atoms with Gasteiger partial charge in [-0.05, 0) is 36.5 Å². The van der Waals surface area contributed by atoms with Crippen LogP contribution in [0.2, 0.25) is 0 Å². The van der Waals surface area contributed by atoms with Gasteiger partial charge in [-0.15, -0.1) is 0 Å². The third-order valence-electron chi connectivity index (χ3n) is 3.45. The number of rotatable bonds is 3. The molecule has 2 rings (SSSR count). The van der Waals surface area contributed by atoms with Gasteiger partial charge in [0.15, 0.2) is 0 Å². The molecule has 0 radical (unpaired) electrons. The second-order valence-electron chi connectivity index (χ2n) is 5.12. The molecule has 1 N–H and O–H groups in total. The highest BCUT2D eigenvalue weighted by atomic mass is 79.9. The molecule has 1 fully saturated rings.